The second-order valence-corrected chi connectivity index (χ2v) is 5.11. The zero-order chi connectivity index (χ0) is 12.9. The summed E-state index contributed by atoms with van der Waals surface area (Å²) in [4.78, 5) is 10.3. The second kappa shape index (κ2) is 5.37. The molecular weight excluding hydrogens is 244 g/mol. The van der Waals surface area contributed by atoms with E-state index in [0.717, 1.165) is 0 Å². The van der Waals surface area contributed by atoms with E-state index in [-0.39, 0.29) is 11.5 Å². The molecule has 0 amide bonds. The van der Waals surface area contributed by atoms with Crippen molar-refractivity contribution in [3.8, 4) is 18.1 Å². The Labute approximate surface area is 99.0 Å². The number of carboxylic acids is 1. The van der Waals surface area contributed by atoms with Crippen LogP contribution in [-0.2, 0) is 14.6 Å². The zero-order valence-electron chi connectivity index (χ0n) is 8.79. The number of terminal acetylenes is 1. The standard InChI is InChI=1S/C11H10O5S/c1-2-7-16-9-3-5-10(6-4-9)17(14,15)8-11(12)13/h1,3-6H,7-8H2,(H,12,13). The van der Waals surface area contributed by atoms with E-state index in [1.807, 2.05) is 0 Å². The van der Waals surface area contributed by atoms with Crippen molar-refractivity contribution in [1.82, 2.24) is 0 Å². The molecule has 0 heterocycles. The Balaban J connectivity index is 2.88. The molecule has 0 spiro atoms. The summed E-state index contributed by atoms with van der Waals surface area (Å²) < 4.78 is 28.1. The molecule has 6 heteroatoms. The predicted molar refractivity (Wildman–Crippen MR) is 60.5 cm³/mol. The van der Waals surface area contributed by atoms with Gasteiger partial charge in [0.1, 0.15) is 12.4 Å². The highest BCUT2D eigenvalue weighted by atomic mass is 32.2. The van der Waals surface area contributed by atoms with E-state index in [4.69, 9.17) is 16.3 Å². The number of benzene rings is 1. The third-order valence-electron chi connectivity index (χ3n) is 1.82. The molecule has 1 rings (SSSR count). The molecule has 0 fully saturated rings. The molecule has 1 aromatic rings. The molecule has 0 bridgehead atoms. The molecule has 0 atom stereocenters. The average Bonchev–Trinajstić information content (AvgIpc) is 2.25. The fourth-order valence-electron chi connectivity index (χ4n) is 1.11. The predicted octanol–water partition coefficient (Wildman–Crippen LogP) is 0.557. The van der Waals surface area contributed by atoms with Crippen LogP contribution >= 0.6 is 0 Å². The number of hydrogen-bond donors (Lipinski definition) is 1. The molecule has 0 unspecified atom stereocenters. The van der Waals surface area contributed by atoms with Crippen LogP contribution in [-0.4, -0.2) is 31.9 Å². The van der Waals surface area contributed by atoms with Gasteiger partial charge >= 0.3 is 5.97 Å². The number of carboxylic acid groups (broad SMARTS) is 1. The maximum atomic E-state index is 11.5. The molecule has 0 aliphatic carbocycles. The third-order valence-corrected chi connectivity index (χ3v) is 3.44. The van der Waals surface area contributed by atoms with Crippen LogP contribution in [0.4, 0.5) is 0 Å². The number of hydrogen-bond acceptors (Lipinski definition) is 4. The molecule has 0 saturated carbocycles. The van der Waals surface area contributed by atoms with Crippen LogP contribution < -0.4 is 4.74 Å². The number of sulfone groups is 1. The van der Waals surface area contributed by atoms with E-state index in [0.29, 0.717) is 5.75 Å². The lowest BCUT2D eigenvalue weighted by Gasteiger charge is -2.04. The number of aliphatic carboxylic acids is 1. The summed E-state index contributed by atoms with van der Waals surface area (Å²) >= 11 is 0. The highest BCUT2D eigenvalue weighted by Gasteiger charge is 2.18. The molecule has 1 N–H and O–H groups in total. The van der Waals surface area contributed by atoms with Gasteiger partial charge in [0.25, 0.3) is 0 Å². The number of ether oxygens (including phenoxy) is 1. The van der Waals surface area contributed by atoms with Gasteiger partial charge in [0.15, 0.2) is 15.6 Å². The van der Waals surface area contributed by atoms with Crippen LogP contribution in [0.5, 0.6) is 5.75 Å². The van der Waals surface area contributed by atoms with Gasteiger partial charge in [-0.1, -0.05) is 5.92 Å². The lowest BCUT2D eigenvalue weighted by molar-refractivity contribution is -0.134. The molecule has 0 saturated heterocycles. The van der Waals surface area contributed by atoms with Gasteiger partial charge in [-0.25, -0.2) is 8.42 Å². The summed E-state index contributed by atoms with van der Waals surface area (Å²) in [5, 5.41) is 8.46. The van der Waals surface area contributed by atoms with Crippen molar-refractivity contribution in [1.29, 1.82) is 0 Å². The Morgan fingerprint density at radius 3 is 2.41 bits per heavy atom. The summed E-state index contributed by atoms with van der Waals surface area (Å²) in [6.45, 7) is 0.0845. The van der Waals surface area contributed by atoms with Gasteiger partial charge in [0.2, 0.25) is 0 Å². The Bertz CT molecular complexity index is 536. The molecule has 0 aliphatic heterocycles. The van der Waals surface area contributed by atoms with Gasteiger partial charge in [-0.05, 0) is 24.3 Å². The largest absolute Gasteiger partial charge is 0.481 e. The maximum absolute atomic E-state index is 11.5. The topological polar surface area (TPSA) is 80.7 Å². The first-order valence-corrected chi connectivity index (χ1v) is 6.22. The second-order valence-electron chi connectivity index (χ2n) is 3.12. The average molecular weight is 254 g/mol. The van der Waals surface area contributed by atoms with Crippen molar-refractivity contribution in [2.75, 3.05) is 12.4 Å². The van der Waals surface area contributed by atoms with E-state index in [9.17, 15) is 13.2 Å². The summed E-state index contributed by atoms with van der Waals surface area (Å²) in [5.74, 6) is 0.373. The zero-order valence-corrected chi connectivity index (χ0v) is 9.61. The molecule has 17 heavy (non-hydrogen) atoms. The molecule has 5 nitrogen and oxygen atoms in total. The Hall–Kier alpha value is -2.00. The van der Waals surface area contributed by atoms with Crippen LogP contribution in [0.25, 0.3) is 0 Å². The van der Waals surface area contributed by atoms with Crippen LogP contribution in [0.1, 0.15) is 0 Å². The Kier molecular flexibility index (Phi) is 4.12. The molecule has 0 aliphatic rings. The maximum Gasteiger partial charge on any atom is 0.319 e. The minimum Gasteiger partial charge on any atom is -0.481 e. The van der Waals surface area contributed by atoms with Gasteiger partial charge in [-0.3, -0.25) is 4.79 Å². The summed E-state index contributed by atoms with van der Waals surface area (Å²) in [6.07, 6.45) is 4.99. The quantitative estimate of drug-likeness (QED) is 0.776. The van der Waals surface area contributed by atoms with Gasteiger partial charge in [-0.15, -0.1) is 6.42 Å². The van der Waals surface area contributed by atoms with Crippen molar-refractivity contribution in [3.63, 3.8) is 0 Å². The SMILES string of the molecule is C#CCOc1ccc(S(=O)(=O)CC(=O)O)cc1. The Morgan fingerprint density at radius 1 is 1.35 bits per heavy atom. The fraction of sp³-hybridized carbons (Fsp3) is 0.182. The first kappa shape index (κ1) is 13.1. The van der Waals surface area contributed by atoms with Crippen molar-refractivity contribution in [2.45, 2.75) is 4.90 Å². The molecular formula is C11H10O5S. The molecule has 90 valence electrons. The third kappa shape index (κ3) is 3.81. The van der Waals surface area contributed by atoms with Crippen molar-refractivity contribution in [2.24, 2.45) is 0 Å². The normalized spacial score (nSPS) is 10.5. The highest BCUT2D eigenvalue weighted by Crippen LogP contribution is 2.16. The molecule has 0 radical (unpaired) electrons. The van der Waals surface area contributed by atoms with E-state index in [1.165, 1.54) is 24.3 Å². The van der Waals surface area contributed by atoms with E-state index in [2.05, 4.69) is 5.92 Å². The lowest BCUT2D eigenvalue weighted by atomic mass is 10.3. The van der Waals surface area contributed by atoms with Gasteiger partial charge in [0, 0.05) is 0 Å². The van der Waals surface area contributed by atoms with Crippen molar-refractivity contribution < 1.29 is 23.1 Å². The molecule has 1 aromatic carbocycles. The van der Waals surface area contributed by atoms with E-state index < -0.39 is 21.6 Å². The fourth-order valence-corrected chi connectivity index (χ4v) is 2.16. The van der Waals surface area contributed by atoms with E-state index >= 15 is 0 Å². The van der Waals surface area contributed by atoms with Crippen LogP contribution in [0.2, 0.25) is 0 Å². The highest BCUT2D eigenvalue weighted by molar-refractivity contribution is 7.92. The summed E-state index contributed by atoms with van der Waals surface area (Å²) in [5.41, 5.74) is 0. The van der Waals surface area contributed by atoms with Gasteiger partial charge in [-0.2, -0.15) is 0 Å². The minimum atomic E-state index is -3.79. The van der Waals surface area contributed by atoms with Gasteiger partial charge in [0.05, 0.1) is 4.90 Å². The number of rotatable bonds is 5. The van der Waals surface area contributed by atoms with Crippen LogP contribution in [0.15, 0.2) is 29.2 Å². The molecule has 0 aromatic heterocycles. The first-order valence-electron chi connectivity index (χ1n) is 4.56. The van der Waals surface area contributed by atoms with Gasteiger partial charge < -0.3 is 9.84 Å². The lowest BCUT2D eigenvalue weighted by Crippen LogP contribution is -2.15. The number of carbonyl (C=O) groups is 1. The van der Waals surface area contributed by atoms with Crippen LogP contribution in [0, 0.1) is 12.3 Å². The smallest absolute Gasteiger partial charge is 0.319 e. The van der Waals surface area contributed by atoms with Crippen molar-refractivity contribution in [3.05, 3.63) is 24.3 Å². The van der Waals surface area contributed by atoms with Crippen LogP contribution in [0.3, 0.4) is 0 Å². The summed E-state index contributed by atoms with van der Waals surface area (Å²) in [6, 6.07) is 5.41. The summed E-state index contributed by atoms with van der Waals surface area (Å²) in [7, 11) is -3.79. The monoisotopic (exact) mass is 254 g/mol. The Morgan fingerprint density at radius 2 is 1.94 bits per heavy atom. The van der Waals surface area contributed by atoms with Crippen molar-refractivity contribution >= 4 is 15.8 Å². The van der Waals surface area contributed by atoms with E-state index in [1.54, 1.807) is 0 Å². The first-order chi connectivity index (χ1) is 7.95. The minimum absolute atomic E-state index is 0.0621.